The smallest absolute Gasteiger partial charge is 0.135 e. The van der Waals surface area contributed by atoms with Gasteiger partial charge in [0.1, 0.15) is 5.84 Å². The lowest BCUT2D eigenvalue weighted by Crippen LogP contribution is -2.43. The van der Waals surface area contributed by atoms with Crippen molar-refractivity contribution in [1.29, 1.82) is 0 Å². The molecular weight excluding hydrogens is 256 g/mol. The molecule has 1 saturated heterocycles. The van der Waals surface area contributed by atoms with Gasteiger partial charge < -0.3 is 4.90 Å². The van der Waals surface area contributed by atoms with Crippen LogP contribution in [0.15, 0.2) is 41.1 Å². The van der Waals surface area contributed by atoms with E-state index in [0.29, 0.717) is 12.0 Å². The predicted molar refractivity (Wildman–Crippen MR) is 94.6 cm³/mol. The molecule has 1 fully saturated rings. The van der Waals surface area contributed by atoms with Gasteiger partial charge in [-0.25, -0.2) is 4.99 Å². The van der Waals surface area contributed by atoms with E-state index in [1.165, 1.54) is 30.4 Å². The van der Waals surface area contributed by atoms with Gasteiger partial charge in [0, 0.05) is 24.4 Å². The number of rotatable bonds is 5. The van der Waals surface area contributed by atoms with Crippen molar-refractivity contribution in [2.45, 2.75) is 66.3 Å². The summed E-state index contributed by atoms with van der Waals surface area (Å²) < 4.78 is 0. The van der Waals surface area contributed by atoms with Gasteiger partial charge in [-0.3, -0.25) is 0 Å². The number of hydrogen-bond acceptors (Lipinski definition) is 1. The van der Waals surface area contributed by atoms with Crippen LogP contribution in [0.2, 0.25) is 0 Å². The zero-order valence-corrected chi connectivity index (χ0v) is 14.5. The van der Waals surface area contributed by atoms with Crippen molar-refractivity contribution in [2.75, 3.05) is 6.54 Å². The standard InChI is InChI=1S/C19H32N2/c1-7-12-18(15(4)5)17(8-2)19(20-9-3)21-14-11-10-13-16(21)6/h8-9,12,15-16H,3,7,10-11,13-14H2,1-2,4-6H3/b17-8+,18-12+,20-19+/t16-/m0/s1. The molecule has 0 aromatic heterocycles. The van der Waals surface area contributed by atoms with Crippen LogP contribution in [0, 0.1) is 5.92 Å². The average Bonchev–Trinajstić information content (AvgIpc) is 2.46. The molecule has 0 radical (unpaired) electrons. The molecule has 118 valence electrons. The van der Waals surface area contributed by atoms with Crippen molar-refractivity contribution in [3.63, 3.8) is 0 Å². The summed E-state index contributed by atoms with van der Waals surface area (Å²) in [4.78, 5) is 7.12. The highest BCUT2D eigenvalue weighted by molar-refractivity contribution is 6.02. The maximum Gasteiger partial charge on any atom is 0.135 e. The van der Waals surface area contributed by atoms with Gasteiger partial charge in [0.15, 0.2) is 0 Å². The molecule has 0 bridgehead atoms. The van der Waals surface area contributed by atoms with E-state index in [1.807, 2.05) is 0 Å². The van der Waals surface area contributed by atoms with Crippen LogP contribution in [-0.4, -0.2) is 23.3 Å². The molecule has 0 aliphatic carbocycles. The number of piperidine rings is 1. The van der Waals surface area contributed by atoms with Crippen LogP contribution in [0.25, 0.3) is 0 Å². The summed E-state index contributed by atoms with van der Waals surface area (Å²) in [5, 5.41) is 0. The molecule has 0 saturated carbocycles. The Kier molecular flexibility index (Phi) is 7.49. The van der Waals surface area contributed by atoms with Crippen molar-refractivity contribution in [2.24, 2.45) is 10.9 Å². The molecule has 1 rings (SSSR count). The summed E-state index contributed by atoms with van der Waals surface area (Å²) in [5.74, 6) is 1.61. The maximum atomic E-state index is 4.65. The zero-order chi connectivity index (χ0) is 15.8. The van der Waals surface area contributed by atoms with Crippen LogP contribution < -0.4 is 0 Å². The maximum absolute atomic E-state index is 4.65. The number of hydrogen-bond donors (Lipinski definition) is 0. The van der Waals surface area contributed by atoms with Crippen LogP contribution in [-0.2, 0) is 0 Å². The second-order valence-electron chi connectivity index (χ2n) is 6.10. The van der Waals surface area contributed by atoms with Crippen LogP contribution in [0.5, 0.6) is 0 Å². The predicted octanol–water partition coefficient (Wildman–Crippen LogP) is 5.34. The van der Waals surface area contributed by atoms with Gasteiger partial charge in [0.2, 0.25) is 0 Å². The Morgan fingerprint density at radius 3 is 2.57 bits per heavy atom. The van der Waals surface area contributed by atoms with E-state index in [9.17, 15) is 0 Å². The number of likely N-dealkylation sites (tertiary alicyclic amines) is 1. The Balaban J connectivity index is 3.21. The molecule has 1 heterocycles. The fourth-order valence-corrected chi connectivity index (χ4v) is 3.10. The molecule has 0 spiro atoms. The molecule has 1 aliphatic heterocycles. The van der Waals surface area contributed by atoms with Crippen molar-refractivity contribution < 1.29 is 0 Å². The Morgan fingerprint density at radius 1 is 1.38 bits per heavy atom. The minimum absolute atomic E-state index is 0.506. The summed E-state index contributed by atoms with van der Waals surface area (Å²) >= 11 is 0. The van der Waals surface area contributed by atoms with Gasteiger partial charge >= 0.3 is 0 Å². The summed E-state index contributed by atoms with van der Waals surface area (Å²) in [7, 11) is 0. The molecule has 0 aromatic rings. The monoisotopic (exact) mass is 288 g/mol. The van der Waals surface area contributed by atoms with E-state index >= 15 is 0 Å². The number of amidine groups is 1. The molecule has 2 nitrogen and oxygen atoms in total. The molecule has 2 heteroatoms. The largest absolute Gasteiger partial charge is 0.353 e. The molecule has 0 amide bonds. The lowest BCUT2D eigenvalue weighted by Gasteiger charge is -2.37. The van der Waals surface area contributed by atoms with Crippen LogP contribution >= 0.6 is 0 Å². The Bertz CT molecular complexity index is 427. The van der Waals surface area contributed by atoms with Crippen LogP contribution in [0.4, 0.5) is 0 Å². The first-order valence-corrected chi connectivity index (χ1v) is 8.39. The second kappa shape index (κ2) is 8.86. The zero-order valence-electron chi connectivity index (χ0n) is 14.5. The lowest BCUT2D eigenvalue weighted by atomic mass is 9.91. The van der Waals surface area contributed by atoms with Gasteiger partial charge in [-0.1, -0.05) is 39.5 Å². The van der Waals surface area contributed by atoms with E-state index in [0.717, 1.165) is 18.8 Å². The highest BCUT2D eigenvalue weighted by Crippen LogP contribution is 2.27. The van der Waals surface area contributed by atoms with E-state index in [1.54, 1.807) is 6.20 Å². The first-order valence-electron chi connectivity index (χ1n) is 8.39. The summed E-state index contributed by atoms with van der Waals surface area (Å²) in [6, 6.07) is 0.558. The highest BCUT2D eigenvalue weighted by atomic mass is 15.2. The summed E-state index contributed by atoms with van der Waals surface area (Å²) in [6.45, 7) is 16.1. The molecule has 21 heavy (non-hydrogen) atoms. The Hall–Kier alpha value is -1.31. The van der Waals surface area contributed by atoms with Crippen molar-refractivity contribution in [1.82, 2.24) is 4.90 Å². The normalized spacial score (nSPS) is 21.9. The fraction of sp³-hybridized carbons (Fsp3) is 0.632. The van der Waals surface area contributed by atoms with Gasteiger partial charge in [-0.2, -0.15) is 0 Å². The Morgan fingerprint density at radius 2 is 2.10 bits per heavy atom. The van der Waals surface area contributed by atoms with E-state index in [-0.39, 0.29) is 0 Å². The number of nitrogens with zero attached hydrogens (tertiary/aromatic N) is 2. The topological polar surface area (TPSA) is 15.6 Å². The van der Waals surface area contributed by atoms with E-state index < -0.39 is 0 Å². The number of aliphatic imine (C=N–C) groups is 1. The summed E-state index contributed by atoms with van der Waals surface area (Å²) in [5.41, 5.74) is 2.68. The van der Waals surface area contributed by atoms with Crippen molar-refractivity contribution in [3.8, 4) is 0 Å². The van der Waals surface area contributed by atoms with Gasteiger partial charge in [0.25, 0.3) is 0 Å². The quantitative estimate of drug-likeness (QED) is 0.379. The molecule has 1 atom stereocenters. The fourth-order valence-electron chi connectivity index (χ4n) is 3.10. The second-order valence-corrected chi connectivity index (χ2v) is 6.10. The first kappa shape index (κ1) is 17.7. The molecule has 1 aliphatic rings. The Labute approximate surface area is 131 Å². The molecule has 0 N–H and O–H groups in total. The van der Waals surface area contributed by atoms with Crippen molar-refractivity contribution >= 4 is 5.84 Å². The van der Waals surface area contributed by atoms with Crippen molar-refractivity contribution in [3.05, 3.63) is 36.1 Å². The third-order valence-electron chi connectivity index (χ3n) is 4.18. The average molecular weight is 288 g/mol. The van der Waals surface area contributed by atoms with Gasteiger partial charge in [-0.15, -0.1) is 0 Å². The van der Waals surface area contributed by atoms with E-state index in [2.05, 4.69) is 63.2 Å². The third kappa shape index (κ3) is 4.59. The third-order valence-corrected chi connectivity index (χ3v) is 4.18. The van der Waals surface area contributed by atoms with Crippen LogP contribution in [0.1, 0.15) is 60.3 Å². The minimum Gasteiger partial charge on any atom is -0.353 e. The van der Waals surface area contributed by atoms with E-state index in [4.69, 9.17) is 0 Å². The molecular formula is C19H32N2. The van der Waals surface area contributed by atoms with Gasteiger partial charge in [-0.05, 0) is 51.0 Å². The SMILES string of the molecule is C=C\N=C(C(=C/C)/C(=C/CC)C(C)C)\N1CCCC[C@@H]1C. The van der Waals surface area contributed by atoms with Gasteiger partial charge in [0.05, 0.1) is 0 Å². The van der Waals surface area contributed by atoms with Crippen LogP contribution in [0.3, 0.4) is 0 Å². The lowest BCUT2D eigenvalue weighted by molar-refractivity contribution is 0.258. The number of allylic oxidation sites excluding steroid dienone is 2. The first-order chi connectivity index (χ1) is 10.1. The summed E-state index contributed by atoms with van der Waals surface area (Å²) in [6.07, 6.45) is 11.1. The molecule has 0 unspecified atom stereocenters. The minimum atomic E-state index is 0.506. The molecule has 0 aromatic carbocycles. The highest BCUT2D eigenvalue weighted by Gasteiger charge is 2.25.